The van der Waals surface area contributed by atoms with Gasteiger partial charge in [-0.05, 0) is 51.7 Å². The van der Waals surface area contributed by atoms with Crippen molar-refractivity contribution in [3.8, 4) is 5.75 Å². The Kier molecular flexibility index (Phi) is 14.7. The minimum absolute atomic E-state index is 0.0486. The number of aliphatic hydroxyl groups excluding tert-OH is 3. The summed E-state index contributed by atoms with van der Waals surface area (Å²) < 4.78 is 52.9. The minimum atomic E-state index is -4.31. The van der Waals surface area contributed by atoms with Crippen LogP contribution in [0.25, 0.3) is 0 Å². The van der Waals surface area contributed by atoms with E-state index in [0.717, 1.165) is 22.0 Å². The summed E-state index contributed by atoms with van der Waals surface area (Å²) in [6.45, 7) is 3.84. The number of carboxylic acid groups (broad SMARTS) is 1. The fraction of sp³-hybridized carbons (Fsp3) is 0.600. The molecule has 4 rings (SSSR count). The number of esters is 1. The Labute approximate surface area is 322 Å². The third-order valence-corrected chi connectivity index (χ3v) is 9.82. The highest BCUT2D eigenvalue weighted by molar-refractivity contribution is 7.85. The van der Waals surface area contributed by atoms with E-state index in [4.69, 9.17) is 23.5 Å². The molecule has 1 unspecified atom stereocenters. The van der Waals surface area contributed by atoms with Crippen molar-refractivity contribution in [2.24, 2.45) is 5.41 Å². The SMILES string of the molecule is CC(C)(C)C(=O)OCc1ccc(CCCCNC(=O)CN2C(=O)[C@@H](N3C(=O)C=CC3=O)C[C@H]2COCCS(=O)(=O)O)cc1OC1O[C@H](C(=O)O)[C@@H](O)[C@H](O)[C@H]1O. The molecule has 1 aromatic rings. The van der Waals surface area contributed by atoms with Gasteiger partial charge in [-0.3, -0.25) is 33.4 Å². The summed E-state index contributed by atoms with van der Waals surface area (Å²) in [5.41, 5.74) is 0.192. The number of unbranched alkanes of at least 4 members (excludes halogenated alkanes) is 1. The number of ether oxygens (including phenoxy) is 4. The number of nitrogens with zero attached hydrogens (tertiary/aromatic N) is 2. The van der Waals surface area contributed by atoms with Crippen molar-refractivity contribution >= 4 is 45.7 Å². The second-order valence-electron chi connectivity index (χ2n) is 14.5. The molecule has 3 aliphatic heterocycles. The van der Waals surface area contributed by atoms with Crippen LogP contribution < -0.4 is 10.1 Å². The van der Waals surface area contributed by atoms with Gasteiger partial charge in [-0.2, -0.15) is 8.42 Å². The van der Waals surface area contributed by atoms with Crippen molar-refractivity contribution in [3.63, 3.8) is 0 Å². The average molecular weight is 814 g/mol. The molecule has 6 N–H and O–H groups in total. The van der Waals surface area contributed by atoms with Gasteiger partial charge >= 0.3 is 11.9 Å². The van der Waals surface area contributed by atoms with Gasteiger partial charge < -0.3 is 49.6 Å². The van der Waals surface area contributed by atoms with Gasteiger partial charge in [-0.15, -0.1) is 0 Å². The molecular weight excluding hydrogens is 766 g/mol. The first-order chi connectivity index (χ1) is 26.2. The number of aliphatic carboxylic acids is 1. The van der Waals surface area contributed by atoms with Crippen LogP contribution in [0.1, 0.15) is 51.2 Å². The van der Waals surface area contributed by atoms with Gasteiger partial charge in [-0.25, -0.2) is 4.79 Å². The summed E-state index contributed by atoms with van der Waals surface area (Å²) in [5.74, 6) is -5.36. The minimum Gasteiger partial charge on any atom is -0.479 e. The Balaban J connectivity index is 1.36. The second kappa shape index (κ2) is 18.6. The molecular formula is C35H47N3O17S. The van der Waals surface area contributed by atoms with E-state index >= 15 is 0 Å². The number of aryl methyl sites for hydroxylation is 1. The smallest absolute Gasteiger partial charge is 0.335 e. The average Bonchev–Trinajstić information content (AvgIpc) is 3.60. The second-order valence-corrected chi connectivity index (χ2v) is 16.1. The maximum absolute atomic E-state index is 13.3. The molecule has 56 heavy (non-hydrogen) atoms. The number of aliphatic hydroxyl groups is 3. The molecule has 2 fully saturated rings. The molecule has 0 spiro atoms. The molecule has 0 bridgehead atoms. The van der Waals surface area contributed by atoms with Crippen LogP contribution in [0.4, 0.5) is 0 Å². The van der Waals surface area contributed by atoms with Crippen LogP contribution in [0.15, 0.2) is 30.4 Å². The van der Waals surface area contributed by atoms with Crippen molar-refractivity contribution in [1.29, 1.82) is 0 Å². The number of amides is 4. The monoisotopic (exact) mass is 813 g/mol. The predicted octanol–water partition coefficient (Wildman–Crippen LogP) is -1.72. The largest absolute Gasteiger partial charge is 0.479 e. The lowest BCUT2D eigenvalue weighted by molar-refractivity contribution is -0.271. The molecule has 2 saturated heterocycles. The van der Waals surface area contributed by atoms with Crippen LogP contribution >= 0.6 is 0 Å². The van der Waals surface area contributed by atoms with Gasteiger partial charge in [0, 0.05) is 30.7 Å². The van der Waals surface area contributed by atoms with Gasteiger partial charge in [0.1, 0.15) is 36.7 Å². The van der Waals surface area contributed by atoms with Crippen molar-refractivity contribution in [1.82, 2.24) is 15.1 Å². The lowest BCUT2D eigenvalue weighted by atomic mass is 9.97. The Hall–Kier alpha value is -4.51. The summed E-state index contributed by atoms with van der Waals surface area (Å²) in [7, 11) is -4.31. The molecule has 3 aliphatic rings. The molecule has 21 heteroatoms. The van der Waals surface area contributed by atoms with Crippen LogP contribution in [0.5, 0.6) is 5.75 Å². The summed E-state index contributed by atoms with van der Waals surface area (Å²) in [5, 5.41) is 43.0. The molecule has 0 radical (unpaired) electrons. The zero-order valence-electron chi connectivity index (χ0n) is 30.9. The van der Waals surface area contributed by atoms with E-state index in [1.807, 2.05) is 0 Å². The van der Waals surface area contributed by atoms with Gasteiger partial charge in [0.25, 0.3) is 21.9 Å². The van der Waals surface area contributed by atoms with E-state index in [9.17, 15) is 57.6 Å². The Morgan fingerprint density at radius 2 is 1.68 bits per heavy atom. The number of likely N-dealkylation sites (tertiary alicyclic amines) is 1. The predicted molar refractivity (Wildman–Crippen MR) is 189 cm³/mol. The third kappa shape index (κ3) is 11.5. The number of rotatable bonds is 18. The molecule has 310 valence electrons. The quantitative estimate of drug-likeness (QED) is 0.0416. The number of hydrogen-bond acceptors (Lipinski definition) is 15. The molecule has 7 atom stereocenters. The zero-order chi connectivity index (χ0) is 41.5. The van der Waals surface area contributed by atoms with Crippen LogP contribution in [-0.4, -0.2) is 154 Å². The number of nitrogens with one attached hydrogen (secondary N) is 1. The van der Waals surface area contributed by atoms with Crippen molar-refractivity contribution in [3.05, 3.63) is 41.5 Å². The number of imide groups is 1. The van der Waals surface area contributed by atoms with E-state index in [0.29, 0.717) is 30.4 Å². The molecule has 1 aromatic carbocycles. The van der Waals surface area contributed by atoms with Gasteiger partial charge in [0.2, 0.25) is 18.1 Å². The van der Waals surface area contributed by atoms with E-state index in [1.165, 1.54) is 0 Å². The number of carbonyl (C=O) groups excluding carboxylic acids is 5. The molecule has 3 heterocycles. The fourth-order valence-corrected chi connectivity index (χ4v) is 6.38. The first-order valence-corrected chi connectivity index (χ1v) is 19.3. The maximum Gasteiger partial charge on any atom is 0.335 e. The Bertz CT molecular complexity index is 1780. The number of benzene rings is 1. The van der Waals surface area contributed by atoms with Gasteiger partial charge in [-0.1, -0.05) is 12.1 Å². The normalized spacial score (nSPS) is 25.5. The summed E-state index contributed by atoms with van der Waals surface area (Å²) in [6, 6.07) is 2.89. The molecule has 20 nitrogen and oxygen atoms in total. The highest BCUT2D eigenvalue weighted by Crippen LogP contribution is 2.30. The number of hydrogen-bond donors (Lipinski definition) is 6. The van der Waals surface area contributed by atoms with Crippen LogP contribution in [0.2, 0.25) is 0 Å². The van der Waals surface area contributed by atoms with Crippen LogP contribution in [-0.2, 0) is 66.1 Å². The lowest BCUT2D eigenvalue weighted by Gasteiger charge is -2.38. The molecule has 0 aliphatic carbocycles. The number of carbonyl (C=O) groups is 6. The van der Waals surface area contributed by atoms with Crippen LogP contribution in [0, 0.1) is 5.41 Å². The highest BCUT2D eigenvalue weighted by Gasteiger charge is 2.49. The molecule has 0 aromatic heterocycles. The summed E-state index contributed by atoms with van der Waals surface area (Å²) >= 11 is 0. The lowest BCUT2D eigenvalue weighted by Crippen LogP contribution is -2.61. The van der Waals surface area contributed by atoms with Crippen molar-refractivity contribution in [2.45, 2.75) is 95.9 Å². The Morgan fingerprint density at radius 1 is 1.00 bits per heavy atom. The number of carboxylic acids is 1. The molecule has 0 saturated carbocycles. The topological polar surface area (TPSA) is 293 Å². The van der Waals surface area contributed by atoms with Gasteiger partial charge in [0.15, 0.2) is 6.10 Å². The van der Waals surface area contributed by atoms with Crippen molar-refractivity contribution in [2.75, 3.05) is 32.1 Å². The van der Waals surface area contributed by atoms with E-state index in [-0.39, 0.29) is 31.9 Å². The first kappa shape index (κ1) is 44.2. The fourth-order valence-electron chi connectivity index (χ4n) is 6.05. The Morgan fingerprint density at radius 3 is 2.30 bits per heavy atom. The summed E-state index contributed by atoms with van der Waals surface area (Å²) in [6.07, 6.45) is -5.93. The standard InChI is InChI=1S/C35H47N3O17S/c1-35(2,3)34(48)53-17-20-8-7-19(14-23(20)54-33-29(44)27(42)28(43)30(55-33)32(46)47)6-4-5-11-36-24(39)16-37-21(18-52-12-13-56(49,50)51)15-22(31(37)45)38-25(40)9-10-26(38)41/h7-10,14,21-22,27-30,33,42-44H,4-6,11-13,15-18H2,1-3H3,(H,36,39)(H,46,47)(H,49,50,51)/t21-,22-,27-,28-,29+,30-,33?/m0/s1. The van der Waals surface area contributed by atoms with E-state index in [2.05, 4.69) is 5.32 Å². The van der Waals surface area contributed by atoms with E-state index < -0.39 is 113 Å². The first-order valence-electron chi connectivity index (χ1n) is 17.7. The third-order valence-electron chi connectivity index (χ3n) is 9.14. The van der Waals surface area contributed by atoms with Gasteiger partial charge in [0.05, 0.1) is 37.0 Å². The maximum atomic E-state index is 13.3. The zero-order valence-corrected chi connectivity index (χ0v) is 31.8. The van der Waals surface area contributed by atoms with Crippen molar-refractivity contribution < 1.29 is 81.1 Å². The summed E-state index contributed by atoms with van der Waals surface area (Å²) in [4.78, 5) is 76.8. The highest BCUT2D eigenvalue weighted by atomic mass is 32.2. The van der Waals surface area contributed by atoms with Crippen LogP contribution in [0.3, 0.4) is 0 Å². The molecule has 4 amide bonds. The van der Waals surface area contributed by atoms with E-state index in [1.54, 1.807) is 39.0 Å².